The van der Waals surface area contributed by atoms with Gasteiger partial charge in [-0.1, -0.05) is 12.1 Å². The highest BCUT2D eigenvalue weighted by atomic mass is 16.5. The summed E-state index contributed by atoms with van der Waals surface area (Å²) in [6, 6.07) is 7.47. The van der Waals surface area contributed by atoms with Gasteiger partial charge in [-0.25, -0.2) is 0 Å². The van der Waals surface area contributed by atoms with Gasteiger partial charge in [0.2, 0.25) is 0 Å². The second-order valence-corrected chi connectivity index (χ2v) is 4.92. The molecular weight excluding hydrogens is 262 g/mol. The van der Waals surface area contributed by atoms with E-state index in [1.54, 1.807) is 6.07 Å². The normalized spacial score (nSPS) is 13.2. The van der Waals surface area contributed by atoms with Crippen molar-refractivity contribution >= 4 is 0 Å². The molecule has 0 aliphatic heterocycles. The van der Waals surface area contributed by atoms with Crippen molar-refractivity contribution < 1.29 is 25.2 Å². The van der Waals surface area contributed by atoms with Gasteiger partial charge in [-0.3, -0.25) is 0 Å². The molecule has 0 fully saturated rings. The van der Waals surface area contributed by atoms with Gasteiger partial charge in [0, 0.05) is 6.54 Å². The zero-order chi connectivity index (χ0) is 15.0. The van der Waals surface area contributed by atoms with Crippen LogP contribution in [0.4, 0.5) is 0 Å². The number of β-amino-alcohol motifs (C(OH)–C–C–N with tert-alkyl or cyclic N) is 1. The fraction of sp³-hybridized carbons (Fsp3) is 0.571. The molecule has 1 aromatic rings. The number of rotatable bonds is 9. The smallest absolute Gasteiger partial charge is 0.119 e. The van der Waals surface area contributed by atoms with Crippen LogP contribution in [0.2, 0.25) is 0 Å². The molecule has 6 nitrogen and oxygen atoms in total. The molecule has 1 aromatic carbocycles. The van der Waals surface area contributed by atoms with Crippen LogP contribution in [0.15, 0.2) is 24.3 Å². The highest BCUT2D eigenvalue weighted by Gasteiger charge is 2.28. The maximum absolute atomic E-state index is 9.80. The summed E-state index contributed by atoms with van der Waals surface area (Å²) in [6.07, 6.45) is -0.820. The highest BCUT2D eigenvalue weighted by Crippen LogP contribution is 2.12. The minimum Gasteiger partial charge on any atom is -0.491 e. The molecule has 1 unspecified atom stereocenters. The first-order valence-corrected chi connectivity index (χ1v) is 6.50. The molecule has 6 heteroatoms. The second kappa shape index (κ2) is 8.18. The Morgan fingerprint density at radius 1 is 1.20 bits per heavy atom. The summed E-state index contributed by atoms with van der Waals surface area (Å²) in [7, 11) is 0. The molecule has 0 saturated heterocycles. The Kier molecular flexibility index (Phi) is 6.90. The van der Waals surface area contributed by atoms with E-state index in [-0.39, 0.29) is 13.2 Å². The maximum atomic E-state index is 9.80. The second-order valence-electron chi connectivity index (χ2n) is 4.92. The third-order valence-electron chi connectivity index (χ3n) is 3.05. The van der Waals surface area contributed by atoms with E-state index in [2.05, 4.69) is 5.32 Å². The van der Waals surface area contributed by atoms with Crippen LogP contribution < -0.4 is 10.1 Å². The van der Waals surface area contributed by atoms with E-state index in [0.717, 1.165) is 5.56 Å². The summed E-state index contributed by atoms with van der Waals surface area (Å²) < 4.78 is 5.44. The van der Waals surface area contributed by atoms with Crippen LogP contribution in [0.5, 0.6) is 5.75 Å². The van der Waals surface area contributed by atoms with Crippen molar-refractivity contribution in [3.8, 4) is 5.75 Å². The first-order chi connectivity index (χ1) is 9.55. The number of ether oxygens (including phenoxy) is 1. The average Bonchev–Trinajstić information content (AvgIpc) is 2.47. The third kappa shape index (κ3) is 5.07. The molecule has 0 aliphatic carbocycles. The van der Waals surface area contributed by atoms with Crippen LogP contribution in [0.1, 0.15) is 5.56 Å². The van der Waals surface area contributed by atoms with Gasteiger partial charge in [-0.05, 0) is 24.6 Å². The van der Waals surface area contributed by atoms with Crippen LogP contribution in [-0.2, 0) is 0 Å². The van der Waals surface area contributed by atoms with Crippen molar-refractivity contribution in [1.29, 1.82) is 0 Å². The van der Waals surface area contributed by atoms with E-state index in [1.807, 2.05) is 25.1 Å². The minimum absolute atomic E-state index is 0.0782. The van der Waals surface area contributed by atoms with Crippen molar-refractivity contribution in [3.05, 3.63) is 29.8 Å². The number of hydrogen-bond donors (Lipinski definition) is 5. The van der Waals surface area contributed by atoms with Gasteiger partial charge in [0.05, 0.1) is 25.4 Å². The van der Waals surface area contributed by atoms with Crippen molar-refractivity contribution in [2.75, 3.05) is 33.0 Å². The standard InChI is InChI=1S/C14H23NO5/c1-11-3-2-4-13(5-11)20-7-12(19)6-15-14(8-16,9-17)10-18/h2-5,12,15-19H,6-10H2,1H3. The number of hydrogen-bond acceptors (Lipinski definition) is 6. The molecule has 0 bridgehead atoms. The van der Waals surface area contributed by atoms with Crippen molar-refractivity contribution in [1.82, 2.24) is 5.32 Å². The molecule has 0 amide bonds. The summed E-state index contributed by atoms with van der Waals surface area (Å²) in [6.45, 7) is 0.841. The van der Waals surface area contributed by atoms with E-state index in [9.17, 15) is 5.11 Å². The summed E-state index contributed by atoms with van der Waals surface area (Å²) >= 11 is 0. The SMILES string of the molecule is Cc1cccc(OCC(O)CNC(CO)(CO)CO)c1. The minimum atomic E-state index is -1.19. The van der Waals surface area contributed by atoms with Crippen molar-refractivity contribution in [3.63, 3.8) is 0 Å². The molecule has 20 heavy (non-hydrogen) atoms. The van der Waals surface area contributed by atoms with Crippen LogP contribution >= 0.6 is 0 Å². The Morgan fingerprint density at radius 3 is 2.40 bits per heavy atom. The largest absolute Gasteiger partial charge is 0.491 e. The van der Waals surface area contributed by atoms with Gasteiger partial charge in [-0.15, -0.1) is 0 Å². The first-order valence-electron chi connectivity index (χ1n) is 6.50. The zero-order valence-electron chi connectivity index (χ0n) is 11.6. The summed E-state index contributed by atoms with van der Waals surface area (Å²) in [5.74, 6) is 0.668. The Balaban J connectivity index is 2.38. The summed E-state index contributed by atoms with van der Waals surface area (Å²) in [5.41, 5.74) is -0.125. The lowest BCUT2D eigenvalue weighted by Crippen LogP contribution is -2.57. The van der Waals surface area contributed by atoms with E-state index in [0.29, 0.717) is 5.75 Å². The van der Waals surface area contributed by atoms with E-state index >= 15 is 0 Å². The van der Waals surface area contributed by atoms with Crippen LogP contribution in [0.3, 0.4) is 0 Å². The fourth-order valence-corrected chi connectivity index (χ4v) is 1.61. The Bertz CT molecular complexity index is 387. The fourth-order valence-electron chi connectivity index (χ4n) is 1.61. The molecule has 0 heterocycles. The number of aliphatic hydroxyl groups excluding tert-OH is 4. The molecule has 0 aliphatic rings. The predicted octanol–water partition coefficient (Wildman–Crippen LogP) is -0.960. The quantitative estimate of drug-likeness (QED) is 0.400. The first kappa shape index (κ1) is 16.9. The topological polar surface area (TPSA) is 102 Å². The lowest BCUT2D eigenvalue weighted by atomic mass is 10.0. The molecular formula is C14H23NO5. The number of benzene rings is 1. The molecule has 1 rings (SSSR count). The zero-order valence-corrected chi connectivity index (χ0v) is 11.6. The van der Waals surface area contributed by atoms with Crippen LogP contribution in [0.25, 0.3) is 0 Å². The molecule has 0 radical (unpaired) electrons. The van der Waals surface area contributed by atoms with E-state index in [1.165, 1.54) is 0 Å². The van der Waals surface area contributed by atoms with Gasteiger partial charge in [-0.2, -0.15) is 0 Å². The Hall–Kier alpha value is -1.18. The van der Waals surface area contributed by atoms with Gasteiger partial charge >= 0.3 is 0 Å². The number of aryl methyl sites for hydroxylation is 1. The molecule has 0 saturated carbocycles. The predicted molar refractivity (Wildman–Crippen MR) is 74.7 cm³/mol. The Labute approximate surface area is 118 Å². The molecule has 1 atom stereocenters. The van der Waals surface area contributed by atoms with Crippen LogP contribution in [0, 0.1) is 6.92 Å². The maximum Gasteiger partial charge on any atom is 0.119 e. The molecule has 0 spiro atoms. The van der Waals surface area contributed by atoms with Crippen LogP contribution in [-0.4, -0.2) is 65.0 Å². The third-order valence-corrected chi connectivity index (χ3v) is 3.05. The van der Waals surface area contributed by atoms with Crippen molar-refractivity contribution in [2.24, 2.45) is 0 Å². The molecule has 0 aromatic heterocycles. The number of aliphatic hydroxyl groups is 4. The van der Waals surface area contributed by atoms with Crippen molar-refractivity contribution in [2.45, 2.75) is 18.6 Å². The lowest BCUT2D eigenvalue weighted by molar-refractivity contribution is 0.0260. The summed E-state index contributed by atoms with van der Waals surface area (Å²) in [4.78, 5) is 0. The monoisotopic (exact) mass is 285 g/mol. The Morgan fingerprint density at radius 2 is 1.85 bits per heavy atom. The molecule has 114 valence electrons. The number of nitrogens with one attached hydrogen (secondary N) is 1. The molecule has 5 N–H and O–H groups in total. The lowest BCUT2D eigenvalue weighted by Gasteiger charge is -2.29. The van der Waals surface area contributed by atoms with Gasteiger partial charge < -0.3 is 30.5 Å². The van der Waals surface area contributed by atoms with Gasteiger partial charge in [0.15, 0.2) is 0 Å². The average molecular weight is 285 g/mol. The highest BCUT2D eigenvalue weighted by molar-refractivity contribution is 5.27. The van der Waals surface area contributed by atoms with E-state index in [4.69, 9.17) is 20.1 Å². The van der Waals surface area contributed by atoms with Gasteiger partial charge in [0.25, 0.3) is 0 Å². The van der Waals surface area contributed by atoms with E-state index < -0.39 is 31.5 Å². The van der Waals surface area contributed by atoms with Gasteiger partial charge in [0.1, 0.15) is 18.5 Å². The summed E-state index contributed by atoms with van der Waals surface area (Å²) in [5, 5.41) is 39.9.